The van der Waals surface area contributed by atoms with Crippen molar-refractivity contribution in [2.75, 3.05) is 0 Å². The monoisotopic (exact) mass is 355 g/mol. The fourth-order valence-corrected chi connectivity index (χ4v) is 2.38. The third kappa shape index (κ3) is 4.25. The summed E-state index contributed by atoms with van der Waals surface area (Å²) in [5.74, 6) is -0.665. The van der Waals surface area contributed by atoms with Crippen LogP contribution in [0.1, 0.15) is 18.1 Å². The molecule has 0 aliphatic heterocycles. The number of hydrogen-bond donors (Lipinski definition) is 1. The highest BCUT2D eigenvalue weighted by Gasteiger charge is 2.10. The average molecular weight is 356 g/mol. The van der Waals surface area contributed by atoms with Crippen LogP contribution in [0, 0.1) is 11.6 Å². The molecule has 0 radical (unpaired) electrons. The molecule has 0 aliphatic rings. The van der Waals surface area contributed by atoms with Crippen LogP contribution in [0.5, 0.6) is 5.75 Å². The molecule has 0 saturated carbocycles. The summed E-state index contributed by atoms with van der Waals surface area (Å²) in [5, 5.41) is 0. The predicted octanol–water partition coefficient (Wildman–Crippen LogP) is 4.20. The van der Waals surface area contributed by atoms with Crippen LogP contribution in [-0.2, 0) is 13.0 Å². The lowest BCUT2D eigenvalue weighted by molar-refractivity contribution is 0.292. The lowest BCUT2D eigenvalue weighted by atomic mass is 10.1. The summed E-state index contributed by atoms with van der Waals surface area (Å²) in [4.78, 5) is 0. The van der Waals surface area contributed by atoms with E-state index in [9.17, 15) is 8.78 Å². The van der Waals surface area contributed by atoms with Crippen LogP contribution in [0.25, 0.3) is 0 Å². The molecule has 0 spiro atoms. The first kappa shape index (κ1) is 15.9. The second kappa shape index (κ2) is 7.00. The van der Waals surface area contributed by atoms with Crippen molar-refractivity contribution < 1.29 is 13.5 Å². The fraction of sp³-hybridized carbons (Fsp3) is 0.250. The number of rotatable bonds is 5. The van der Waals surface area contributed by atoms with Crippen molar-refractivity contribution in [2.45, 2.75) is 26.0 Å². The normalized spacial score (nSPS) is 12.2. The predicted molar refractivity (Wildman–Crippen MR) is 82.2 cm³/mol. The summed E-state index contributed by atoms with van der Waals surface area (Å²) in [6.45, 7) is 1.76. The van der Waals surface area contributed by atoms with Gasteiger partial charge in [0.25, 0.3) is 0 Å². The minimum atomic E-state index is -0.608. The quantitative estimate of drug-likeness (QED) is 0.872. The second-order valence-electron chi connectivity index (χ2n) is 4.92. The van der Waals surface area contributed by atoms with E-state index >= 15 is 0 Å². The lowest BCUT2D eigenvalue weighted by Crippen LogP contribution is -2.18. The van der Waals surface area contributed by atoms with Gasteiger partial charge in [0.05, 0.1) is 5.56 Å². The van der Waals surface area contributed by atoms with E-state index in [1.807, 2.05) is 19.1 Å². The highest BCUT2D eigenvalue weighted by Crippen LogP contribution is 2.25. The number of benzene rings is 2. The standard InChI is InChI=1S/C16H16BrF2NO/c1-10(20)7-11-8-12(5-6-14(11)17)21-9-13-15(18)3-2-4-16(13)19/h2-6,8,10H,7,9,20H2,1H3. The smallest absolute Gasteiger partial charge is 0.132 e. The van der Waals surface area contributed by atoms with Crippen molar-refractivity contribution in [1.82, 2.24) is 0 Å². The van der Waals surface area contributed by atoms with Crippen molar-refractivity contribution in [3.8, 4) is 5.75 Å². The summed E-state index contributed by atoms with van der Waals surface area (Å²) in [5.41, 5.74) is 6.71. The Kier molecular flexibility index (Phi) is 5.31. The van der Waals surface area contributed by atoms with Crippen LogP contribution in [0.4, 0.5) is 8.78 Å². The zero-order chi connectivity index (χ0) is 15.4. The maximum absolute atomic E-state index is 13.5. The van der Waals surface area contributed by atoms with Crippen LogP contribution in [0.2, 0.25) is 0 Å². The van der Waals surface area contributed by atoms with Crippen LogP contribution in [0.3, 0.4) is 0 Å². The fourth-order valence-electron chi connectivity index (χ4n) is 1.97. The molecule has 1 atom stereocenters. The zero-order valence-corrected chi connectivity index (χ0v) is 13.2. The molecule has 5 heteroatoms. The maximum Gasteiger partial charge on any atom is 0.132 e. The Balaban J connectivity index is 2.13. The molecule has 2 aromatic carbocycles. The Morgan fingerprint density at radius 2 is 1.86 bits per heavy atom. The van der Waals surface area contributed by atoms with E-state index in [4.69, 9.17) is 10.5 Å². The minimum absolute atomic E-state index is 0.0144. The van der Waals surface area contributed by atoms with Crippen molar-refractivity contribution in [3.05, 3.63) is 63.6 Å². The summed E-state index contributed by atoms with van der Waals surface area (Å²) in [6.07, 6.45) is 0.686. The third-order valence-electron chi connectivity index (χ3n) is 3.00. The van der Waals surface area contributed by atoms with Gasteiger partial charge >= 0.3 is 0 Å². The van der Waals surface area contributed by atoms with Gasteiger partial charge in [0.1, 0.15) is 24.0 Å². The summed E-state index contributed by atoms with van der Waals surface area (Å²) < 4.78 is 33.5. The molecule has 21 heavy (non-hydrogen) atoms. The number of ether oxygens (including phenoxy) is 1. The summed E-state index contributed by atoms with van der Waals surface area (Å²) in [7, 11) is 0. The van der Waals surface area contributed by atoms with E-state index in [1.165, 1.54) is 18.2 Å². The number of hydrogen-bond acceptors (Lipinski definition) is 2. The van der Waals surface area contributed by atoms with Gasteiger partial charge in [-0.2, -0.15) is 0 Å². The molecule has 0 bridgehead atoms. The van der Waals surface area contributed by atoms with Gasteiger partial charge in [-0.25, -0.2) is 8.78 Å². The molecule has 1 unspecified atom stereocenters. The molecule has 2 aromatic rings. The molecule has 112 valence electrons. The van der Waals surface area contributed by atoms with E-state index < -0.39 is 11.6 Å². The van der Waals surface area contributed by atoms with Crippen LogP contribution < -0.4 is 10.5 Å². The molecule has 0 amide bonds. The Hall–Kier alpha value is -1.46. The van der Waals surface area contributed by atoms with Crippen molar-refractivity contribution in [3.63, 3.8) is 0 Å². The molecule has 2 rings (SSSR count). The van der Waals surface area contributed by atoms with Gasteiger partial charge in [0.15, 0.2) is 0 Å². The first-order valence-electron chi connectivity index (χ1n) is 6.57. The molecule has 0 aliphatic carbocycles. The SMILES string of the molecule is CC(N)Cc1cc(OCc2c(F)cccc2F)ccc1Br. The second-order valence-corrected chi connectivity index (χ2v) is 5.78. The van der Waals surface area contributed by atoms with Gasteiger partial charge in [-0.3, -0.25) is 0 Å². The van der Waals surface area contributed by atoms with E-state index in [0.717, 1.165) is 10.0 Å². The van der Waals surface area contributed by atoms with E-state index in [0.29, 0.717) is 12.2 Å². The van der Waals surface area contributed by atoms with E-state index in [-0.39, 0.29) is 18.2 Å². The zero-order valence-electron chi connectivity index (χ0n) is 11.6. The van der Waals surface area contributed by atoms with E-state index in [1.54, 1.807) is 6.07 Å². The lowest BCUT2D eigenvalue weighted by Gasteiger charge is -2.12. The molecular formula is C16H16BrF2NO. The minimum Gasteiger partial charge on any atom is -0.489 e. The largest absolute Gasteiger partial charge is 0.489 e. The summed E-state index contributed by atoms with van der Waals surface area (Å²) >= 11 is 3.45. The van der Waals surface area contributed by atoms with Gasteiger partial charge in [0.2, 0.25) is 0 Å². The maximum atomic E-state index is 13.5. The third-order valence-corrected chi connectivity index (χ3v) is 3.78. The average Bonchev–Trinajstić information content (AvgIpc) is 2.41. The van der Waals surface area contributed by atoms with Crippen molar-refractivity contribution >= 4 is 15.9 Å². The Labute approximate surface area is 131 Å². The Morgan fingerprint density at radius 3 is 2.48 bits per heavy atom. The van der Waals surface area contributed by atoms with Crippen LogP contribution in [-0.4, -0.2) is 6.04 Å². The van der Waals surface area contributed by atoms with Crippen LogP contribution in [0.15, 0.2) is 40.9 Å². The molecule has 0 heterocycles. The van der Waals surface area contributed by atoms with Gasteiger partial charge in [0, 0.05) is 10.5 Å². The summed E-state index contributed by atoms with van der Waals surface area (Å²) in [6, 6.07) is 9.18. The van der Waals surface area contributed by atoms with Gasteiger partial charge in [-0.1, -0.05) is 22.0 Å². The van der Waals surface area contributed by atoms with Crippen LogP contribution >= 0.6 is 15.9 Å². The first-order chi connectivity index (χ1) is 9.97. The Bertz CT molecular complexity index is 611. The highest BCUT2D eigenvalue weighted by atomic mass is 79.9. The first-order valence-corrected chi connectivity index (χ1v) is 7.36. The molecule has 2 nitrogen and oxygen atoms in total. The highest BCUT2D eigenvalue weighted by molar-refractivity contribution is 9.10. The molecular weight excluding hydrogens is 340 g/mol. The molecule has 2 N–H and O–H groups in total. The molecule has 0 saturated heterocycles. The topological polar surface area (TPSA) is 35.2 Å². The van der Waals surface area contributed by atoms with Gasteiger partial charge < -0.3 is 10.5 Å². The molecule has 0 aromatic heterocycles. The van der Waals surface area contributed by atoms with Crippen molar-refractivity contribution in [2.24, 2.45) is 5.73 Å². The Morgan fingerprint density at radius 1 is 1.19 bits per heavy atom. The van der Waals surface area contributed by atoms with E-state index in [2.05, 4.69) is 15.9 Å². The molecule has 0 fully saturated rings. The number of halogens is 3. The van der Waals surface area contributed by atoms with Gasteiger partial charge in [-0.05, 0) is 49.2 Å². The van der Waals surface area contributed by atoms with Gasteiger partial charge in [-0.15, -0.1) is 0 Å². The van der Waals surface area contributed by atoms with Crippen molar-refractivity contribution in [1.29, 1.82) is 0 Å². The number of nitrogens with two attached hydrogens (primary N) is 1.